The van der Waals surface area contributed by atoms with Crippen LogP contribution in [0.25, 0.3) is 16.2 Å². The van der Waals surface area contributed by atoms with Crippen molar-refractivity contribution in [2.75, 3.05) is 17.5 Å². The van der Waals surface area contributed by atoms with Crippen LogP contribution in [0, 0.1) is 20.8 Å². The predicted molar refractivity (Wildman–Crippen MR) is 155 cm³/mol. The SMILES string of the molecule is CNC(=O)/C(B1Nc2cccc3cccc(c23)N1)=C(\B1OC(C)(C)C(C)(C)O1)c1c(C)cc(C)cc1C. The van der Waals surface area contributed by atoms with Crippen LogP contribution in [0.5, 0.6) is 0 Å². The molecule has 0 aliphatic carbocycles. The second kappa shape index (κ2) is 8.96. The molecule has 0 saturated carbocycles. The van der Waals surface area contributed by atoms with Gasteiger partial charge in [-0.1, -0.05) is 42.0 Å². The number of hydrogen-bond acceptors (Lipinski definition) is 5. The largest absolute Gasteiger partial charge is 0.495 e. The fourth-order valence-electron chi connectivity index (χ4n) is 5.56. The Labute approximate surface area is 220 Å². The number of nitrogens with one attached hydrogen (secondary N) is 3. The Morgan fingerprint density at radius 2 is 1.38 bits per heavy atom. The van der Waals surface area contributed by atoms with Crippen molar-refractivity contribution < 1.29 is 14.1 Å². The zero-order valence-electron chi connectivity index (χ0n) is 23.0. The van der Waals surface area contributed by atoms with E-state index in [1.165, 1.54) is 5.56 Å². The Balaban J connectivity index is 1.77. The van der Waals surface area contributed by atoms with E-state index < -0.39 is 25.3 Å². The number of carbonyl (C=O) groups excluding carboxylic acids is 1. The number of rotatable bonds is 4. The molecule has 1 saturated heterocycles. The van der Waals surface area contributed by atoms with E-state index in [2.05, 4.69) is 72.9 Å². The lowest BCUT2D eigenvalue weighted by Gasteiger charge is -2.32. The zero-order chi connectivity index (χ0) is 26.7. The van der Waals surface area contributed by atoms with Gasteiger partial charge in [0.1, 0.15) is 0 Å². The van der Waals surface area contributed by atoms with E-state index in [-0.39, 0.29) is 5.91 Å². The average Bonchev–Trinajstić information content (AvgIpc) is 3.04. The molecule has 0 bridgehead atoms. The first-order valence-corrected chi connectivity index (χ1v) is 12.9. The lowest BCUT2D eigenvalue weighted by molar-refractivity contribution is -0.116. The van der Waals surface area contributed by atoms with Crippen molar-refractivity contribution in [3.05, 3.63) is 76.3 Å². The molecule has 3 aromatic carbocycles. The number of hydrogen-bond donors (Lipinski definition) is 3. The van der Waals surface area contributed by atoms with Crippen LogP contribution in [-0.4, -0.2) is 38.3 Å². The van der Waals surface area contributed by atoms with Gasteiger partial charge in [0.25, 0.3) is 0 Å². The van der Waals surface area contributed by atoms with Gasteiger partial charge in [-0.25, -0.2) is 0 Å². The summed E-state index contributed by atoms with van der Waals surface area (Å²) in [5.41, 5.74) is 6.40. The summed E-state index contributed by atoms with van der Waals surface area (Å²) in [6, 6.07) is 16.6. The van der Waals surface area contributed by atoms with Crippen LogP contribution in [0.3, 0.4) is 0 Å². The molecular formula is C29H35B2N3O3. The molecule has 0 unspecified atom stereocenters. The van der Waals surface area contributed by atoms with E-state index in [0.29, 0.717) is 5.47 Å². The summed E-state index contributed by atoms with van der Waals surface area (Å²) >= 11 is 0. The van der Waals surface area contributed by atoms with Gasteiger partial charge in [0.05, 0.1) is 11.2 Å². The summed E-state index contributed by atoms with van der Waals surface area (Å²) in [4.78, 5) is 13.8. The summed E-state index contributed by atoms with van der Waals surface area (Å²) in [5.74, 6) is -0.194. The molecule has 37 heavy (non-hydrogen) atoms. The first-order valence-electron chi connectivity index (χ1n) is 12.9. The first kappa shape index (κ1) is 25.4. The van der Waals surface area contributed by atoms with Gasteiger partial charge in [-0.05, 0) is 88.1 Å². The average molecular weight is 495 g/mol. The van der Waals surface area contributed by atoms with Crippen LogP contribution >= 0.6 is 0 Å². The van der Waals surface area contributed by atoms with Gasteiger partial charge in [-0.3, -0.25) is 4.79 Å². The summed E-state index contributed by atoms with van der Waals surface area (Å²) in [5, 5.41) is 12.3. The highest BCUT2D eigenvalue weighted by atomic mass is 16.7. The van der Waals surface area contributed by atoms with Gasteiger partial charge in [-0.15, -0.1) is 0 Å². The number of anilines is 2. The minimum Gasteiger partial charge on any atom is -0.405 e. The molecule has 2 aliphatic rings. The number of benzene rings is 3. The monoisotopic (exact) mass is 495 g/mol. The number of amides is 1. The summed E-state index contributed by atoms with van der Waals surface area (Å²) in [6.45, 7) is 13.9. The van der Waals surface area contributed by atoms with Crippen LogP contribution in [0.2, 0.25) is 0 Å². The van der Waals surface area contributed by atoms with Crippen LogP contribution in [0.1, 0.15) is 49.9 Å². The third-order valence-corrected chi connectivity index (χ3v) is 7.99. The predicted octanol–water partition coefficient (Wildman–Crippen LogP) is 5.46. The third kappa shape index (κ3) is 4.22. The van der Waals surface area contributed by atoms with Crippen molar-refractivity contribution >= 4 is 47.6 Å². The highest BCUT2D eigenvalue weighted by Crippen LogP contribution is 2.44. The molecule has 0 spiro atoms. The van der Waals surface area contributed by atoms with Gasteiger partial charge in [0.15, 0.2) is 0 Å². The molecular weight excluding hydrogens is 460 g/mol. The van der Waals surface area contributed by atoms with Gasteiger partial charge in [0, 0.05) is 29.3 Å². The van der Waals surface area contributed by atoms with Gasteiger partial charge < -0.3 is 25.1 Å². The van der Waals surface area contributed by atoms with E-state index >= 15 is 0 Å². The topological polar surface area (TPSA) is 71.6 Å². The second-order valence-corrected chi connectivity index (χ2v) is 11.2. The molecule has 1 amide bonds. The molecule has 5 rings (SSSR count). The highest BCUT2D eigenvalue weighted by Gasteiger charge is 2.54. The lowest BCUT2D eigenvalue weighted by atomic mass is 9.55. The zero-order valence-corrected chi connectivity index (χ0v) is 23.0. The molecule has 1 fully saturated rings. The van der Waals surface area contributed by atoms with E-state index in [4.69, 9.17) is 9.31 Å². The summed E-state index contributed by atoms with van der Waals surface area (Å²) in [6.07, 6.45) is 0. The normalized spacial score (nSPS) is 18.3. The fourth-order valence-corrected chi connectivity index (χ4v) is 5.56. The van der Waals surface area contributed by atoms with Crippen molar-refractivity contribution in [2.45, 2.75) is 59.7 Å². The fraction of sp³-hybridized carbons (Fsp3) is 0.345. The van der Waals surface area contributed by atoms with Gasteiger partial charge in [-0.2, -0.15) is 0 Å². The van der Waals surface area contributed by atoms with Gasteiger partial charge in [0.2, 0.25) is 5.91 Å². The van der Waals surface area contributed by atoms with E-state index in [0.717, 1.165) is 44.3 Å². The third-order valence-electron chi connectivity index (χ3n) is 7.99. The molecule has 3 N–H and O–H groups in total. The van der Waals surface area contributed by atoms with E-state index in [1.54, 1.807) is 7.05 Å². The van der Waals surface area contributed by atoms with Crippen LogP contribution < -0.4 is 15.8 Å². The Morgan fingerprint density at radius 3 is 1.86 bits per heavy atom. The molecule has 8 heteroatoms. The van der Waals surface area contributed by atoms with Gasteiger partial charge >= 0.3 is 14.1 Å². The lowest BCUT2D eigenvalue weighted by Crippen LogP contribution is -2.46. The van der Waals surface area contributed by atoms with Crippen molar-refractivity contribution in [1.29, 1.82) is 0 Å². The van der Waals surface area contributed by atoms with Crippen LogP contribution in [-0.2, 0) is 14.1 Å². The standard InChI is InChI=1S/C29H35B2N3O3/c1-17-15-18(2)23(19(3)16-17)25(31-36-28(4,5)29(6,7)37-31)26(27(35)32-8)30-33-21-13-9-11-20-12-10-14-22(34-30)24(20)21/h9-16,33-34H,1-8H3,(H,32,35)/b26-25+. The Kier molecular flexibility index (Phi) is 6.16. The summed E-state index contributed by atoms with van der Waals surface area (Å²) < 4.78 is 13.2. The minimum absolute atomic E-state index is 0.194. The molecule has 3 aromatic rings. The number of likely N-dealkylation sites (N-methyl/N-ethyl adjacent to an activating group) is 1. The molecule has 0 atom stereocenters. The quantitative estimate of drug-likeness (QED) is 0.331. The minimum atomic E-state index is -0.728. The molecule has 190 valence electrons. The van der Waals surface area contributed by atoms with Crippen molar-refractivity contribution in [1.82, 2.24) is 5.32 Å². The van der Waals surface area contributed by atoms with Crippen molar-refractivity contribution in [3.8, 4) is 0 Å². The smallest absolute Gasteiger partial charge is 0.405 e. The van der Waals surface area contributed by atoms with Crippen molar-refractivity contribution in [3.63, 3.8) is 0 Å². The first-order chi connectivity index (χ1) is 17.4. The van der Waals surface area contributed by atoms with Crippen LogP contribution in [0.15, 0.2) is 54.0 Å². The molecule has 2 heterocycles. The second-order valence-electron chi connectivity index (χ2n) is 11.2. The maximum atomic E-state index is 13.8. The molecule has 0 radical (unpaired) electrons. The molecule has 6 nitrogen and oxygen atoms in total. The Bertz CT molecular complexity index is 1370. The number of carbonyl (C=O) groups is 1. The highest BCUT2D eigenvalue weighted by molar-refractivity contribution is 6.85. The molecule has 2 aliphatic heterocycles. The Hall–Kier alpha value is -3.22. The van der Waals surface area contributed by atoms with Crippen molar-refractivity contribution in [2.24, 2.45) is 0 Å². The van der Waals surface area contributed by atoms with E-state index in [1.807, 2.05) is 39.8 Å². The molecule has 0 aromatic heterocycles. The maximum Gasteiger partial charge on any atom is 0.495 e. The summed E-state index contributed by atoms with van der Waals surface area (Å²) in [7, 11) is 0.935. The van der Waals surface area contributed by atoms with E-state index in [9.17, 15) is 4.79 Å². The maximum absolute atomic E-state index is 13.8. The van der Waals surface area contributed by atoms with Crippen LogP contribution in [0.4, 0.5) is 11.4 Å². The Morgan fingerprint density at radius 1 is 0.865 bits per heavy atom. The number of aryl methyl sites for hydroxylation is 3.